The maximum atomic E-state index is 12.4. The van der Waals surface area contributed by atoms with E-state index < -0.39 is 0 Å². The Morgan fingerprint density at radius 3 is 2.63 bits per heavy atom. The molecule has 3 heterocycles. The van der Waals surface area contributed by atoms with Gasteiger partial charge in [0, 0.05) is 37.8 Å². The van der Waals surface area contributed by atoms with E-state index in [0.717, 1.165) is 10.9 Å². The lowest BCUT2D eigenvalue weighted by atomic mass is 10.2. The molecule has 1 aliphatic rings. The Balaban J connectivity index is 1.29. The van der Waals surface area contributed by atoms with E-state index in [-0.39, 0.29) is 18.4 Å². The fraction of sp³-hybridized carbons (Fsp3) is 0.250. The lowest BCUT2D eigenvalue weighted by molar-refractivity contribution is -0.134. The van der Waals surface area contributed by atoms with Crippen molar-refractivity contribution in [2.45, 2.75) is 0 Å². The number of nitrogens with zero attached hydrogens (tertiary/aromatic N) is 3. The summed E-state index contributed by atoms with van der Waals surface area (Å²) in [6.07, 6.45) is 3.22. The molecule has 138 valence electrons. The van der Waals surface area contributed by atoms with Crippen molar-refractivity contribution >= 4 is 22.7 Å². The third kappa shape index (κ3) is 3.76. The number of benzene rings is 1. The SMILES string of the molecule is O=C(COc1ccc2ncccc2c1)N1CCN(C(=O)c2ccco2)CC1. The van der Waals surface area contributed by atoms with Gasteiger partial charge < -0.3 is 19.0 Å². The molecule has 1 aliphatic heterocycles. The van der Waals surface area contributed by atoms with E-state index in [4.69, 9.17) is 9.15 Å². The summed E-state index contributed by atoms with van der Waals surface area (Å²) < 4.78 is 10.8. The summed E-state index contributed by atoms with van der Waals surface area (Å²) in [5, 5.41) is 0.965. The summed E-state index contributed by atoms with van der Waals surface area (Å²) in [4.78, 5) is 32.3. The molecule has 0 aliphatic carbocycles. The Hall–Kier alpha value is -3.35. The molecule has 0 N–H and O–H groups in total. The number of pyridine rings is 1. The van der Waals surface area contributed by atoms with E-state index >= 15 is 0 Å². The Morgan fingerprint density at radius 1 is 1.04 bits per heavy atom. The van der Waals surface area contributed by atoms with Gasteiger partial charge in [-0.05, 0) is 36.4 Å². The van der Waals surface area contributed by atoms with E-state index in [1.807, 2.05) is 30.3 Å². The van der Waals surface area contributed by atoms with Crippen molar-refractivity contribution in [2.75, 3.05) is 32.8 Å². The van der Waals surface area contributed by atoms with Crippen molar-refractivity contribution in [3.63, 3.8) is 0 Å². The first-order chi connectivity index (χ1) is 13.2. The van der Waals surface area contributed by atoms with Crippen molar-refractivity contribution in [1.29, 1.82) is 0 Å². The summed E-state index contributed by atoms with van der Waals surface area (Å²) in [6.45, 7) is 1.89. The standard InChI is InChI=1S/C20H19N3O4/c24-19(14-27-16-5-6-17-15(13-16)3-1-7-21-17)22-8-10-23(11-9-22)20(25)18-4-2-12-26-18/h1-7,12-13H,8-11,14H2. The zero-order valence-electron chi connectivity index (χ0n) is 14.7. The molecule has 1 fully saturated rings. The molecule has 0 spiro atoms. The van der Waals surface area contributed by atoms with Crippen LogP contribution in [-0.2, 0) is 4.79 Å². The number of carbonyl (C=O) groups is 2. The fourth-order valence-corrected chi connectivity index (χ4v) is 3.09. The molecule has 1 aromatic carbocycles. The molecule has 0 saturated carbocycles. The molecular weight excluding hydrogens is 346 g/mol. The van der Waals surface area contributed by atoms with Gasteiger partial charge >= 0.3 is 0 Å². The fourth-order valence-electron chi connectivity index (χ4n) is 3.09. The van der Waals surface area contributed by atoms with Crippen molar-refractivity contribution in [3.05, 3.63) is 60.7 Å². The number of hydrogen-bond acceptors (Lipinski definition) is 5. The highest BCUT2D eigenvalue weighted by atomic mass is 16.5. The number of furan rings is 1. The van der Waals surface area contributed by atoms with Crippen LogP contribution >= 0.6 is 0 Å². The number of fused-ring (bicyclic) bond motifs is 1. The number of piperazine rings is 1. The summed E-state index contributed by atoms with van der Waals surface area (Å²) in [6, 6.07) is 12.7. The van der Waals surface area contributed by atoms with Crippen LogP contribution in [0.4, 0.5) is 0 Å². The highest BCUT2D eigenvalue weighted by molar-refractivity contribution is 5.91. The average molecular weight is 365 g/mol. The largest absolute Gasteiger partial charge is 0.484 e. The van der Waals surface area contributed by atoms with E-state index in [9.17, 15) is 9.59 Å². The third-order valence-corrected chi connectivity index (χ3v) is 4.59. The second kappa shape index (κ2) is 7.49. The first-order valence-corrected chi connectivity index (χ1v) is 8.79. The molecule has 1 saturated heterocycles. The van der Waals surface area contributed by atoms with Crippen LogP contribution in [0.1, 0.15) is 10.6 Å². The number of aromatic nitrogens is 1. The Bertz CT molecular complexity index is 947. The van der Waals surface area contributed by atoms with Gasteiger partial charge in [0.15, 0.2) is 12.4 Å². The smallest absolute Gasteiger partial charge is 0.289 e. The van der Waals surface area contributed by atoms with E-state index in [1.54, 1.807) is 28.1 Å². The normalized spacial score (nSPS) is 14.4. The highest BCUT2D eigenvalue weighted by Gasteiger charge is 2.26. The van der Waals surface area contributed by atoms with Gasteiger partial charge in [-0.2, -0.15) is 0 Å². The molecule has 3 aromatic rings. The van der Waals surface area contributed by atoms with Gasteiger partial charge in [0.25, 0.3) is 11.8 Å². The minimum atomic E-state index is -0.145. The molecular formula is C20H19N3O4. The predicted octanol–water partition coefficient (Wildman–Crippen LogP) is 2.19. The van der Waals surface area contributed by atoms with Crippen LogP contribution in [0.25, 0.3) is 10.9 Å². The lowest BCUT2D eigenvalue weighted by Crippen LogP contribution is -2.51. The highest BCUT2D eigenvalue weighted by Crippen LogP contribution is 2.19. The zero-order valence-corrected chi connectivity index (χ0v) is 14.7. The molecule has 0 bridgehead atoms. The monoisotopic (exact) mass is 365 g/mol. The van der Waals surface area contributed by atoms with Crippen LogP contribution in [0.5, 0.6) is 5.75 Å². The van der Waals surface area contributed by atoms with Crippen LogP contribution in [0, 0.1) is 0 Å². The molecule has 27 heavy (non-hydrogen) atoms. The molecule has 7 heteroatoms. The minimum absolute atomic E-state index is 0.0299. The zero-order chi connectivity index (χ0) is 18.6. The van der Waals surface area contributed by atoms with Crippen LogP contribution in [-0.4, -0.2) is 59.4 Å². The van der Waals surface area contributed by atoms with Gasteiger partial charge in [-0.3, -0.25) is 14.6 Å². The molecule has 2 amide bonds. The van der Waals surface area contributed by atoms with Gasteiger partial charge in [0.1, 0.15) is 5.75 Å². The van der Waals surface area contributed by atoms with Crippen molar-refractivity contribution in [3.8, 4) is 5.75 Å². The van der Waals surface area contributed by atoms with Crippen molar-refractivity contribution < 1.29 is 18.7 Å². The predicted molar refractivity (Wildman–Crippen MR) is 98.4 cm³/mol. The Morgan fingerprint density at radius 2 is 1.85 bits per heavy atom. The maximum Gasteiger partial charge on any atom is 0.289 e. The molecule has 0 atom stereocenters. The number of carbonyl (C=O) groups excluding carboxylic acids is 2. The van der Waals surface area contributed by atoms with Crippen LogP contribution in [0.2, 0.25) is 0 Å². The van der Waals surface area contributed by atoms with Crippen LogP contribution in [0.15, 0.2) is 59.3 Å². The second-order valence-electron chi connectivity index (χ2n) is 6.30. The molecule has 4 rings (SSSR count). The molecule has 0 unspecified atom stereocenters. The third-order valence-electron chi connectivity index (χ3n) is 4.59. The Kier molecular flexibility index (Phi) is 4.74. The molecule has 2 aromatic heterocycles. The number of amides is 2. The van der Waals surface area contributed by atoms with Gasteiger partial charge in [0.2, 0.25) is 0 Å². The van der Waals surface area contributed by atoms with E-state index in [2.05, 4.69) is 4.98 Å². The van der Waals surface area contributed by atoms with Gasteiger partial charge in [-0.1, -0.05) is 6.07 Å². The van der Waals surface area contributed by atoms with E-state index in [1.165, 1.54) is 6.26 Å². The summed E-state index contributed by atoms with van der Waals surface area (Å²) in [5.74, 6) is 0.721. The molecule has 7 nitrogen and oxygen atoms in total. The first-order valence-electron chi connectivity index (χ1n) is 8.79. The lowest BCUT2D eigenvalue weighted by Gasteiger charge is -2.34. The summed E-state index contributed by atoms with van der Waals surface area (Å²) in [7, 11) is 0. The topological polar surface area (TPSA) is 75.9 Å². The minimum Gasteiger partial charge on any atom is -0.484 e. The van der Waals surface area contributed by atoms with E-state index in [0.29, 0.717) is 37.7 Å². The Labute approximate surface area is 156 Å². The summed E-state index contributed by atoms with van der Waals surface area (Å²) >= 11 is 0. The second-order valence-corrected chi connectivity index (χ2v) is 6.30. The van der Waals surface area contributed by atoms with Crippen molar-refractivity contribution in [2.24, 2.45) is 0 Å². The van der Waals surface area contributed by atoms with Crippen LogP contribution in [0.3, 0.4) is 0 Å². The summed E-state index contributed by atoms with van der Waals surface area (Å²) in [5.41, 5.74) is 0.883. The van der Waals surface area contributed by atoms with Gasteiger partial charge in [0.05, 0.1) is 11.8 Å². The first kappa shape index (κ1) is 17.1. The maximum absolute atomic E-state index is 12.4. The number of ether oxygens (including phenoxy) is 1. The van der Waals surface area contributed by atoms with Crippen molar-refractivity contribution in [1.82, 2.24) is 14.8 Å². The van der Waals surface area contributed by atoms with Gasteiger partial charge in [-0.15, -0.1) is 0 Å². The average Bonchev–Trinajstić information content (AvgIpc) is 3.26. The quantitative estimate of drug-likeness (QED) is 0.708. The van der Waals surface area contributed by atoms with Crippen LogP contribution < -0.4 is 4.74 Å². The van der Waals surface area contributed by atoms with Gasteiger partial charge in [-0.25, -0.2) is 0 Å². The number of rotatable bonds is 4. The molecule has 0 radical (unpaired) electrons. The number of hydrogen-bond donors (Lipinski definition) is 0.